The van der Waals surface area contributed by atoms with Crippen molar-refractivity contribution in [3.05, 3.63) is 12.7 Å². The number of ether oxygens (including phenoxy) is 1. The number of nitrogens with one attached hydrogen (secondary N) is 1. The highest BCUT2D eigenvalue weighted by Crippen LogP contribution is 2.46. The van der Waals surface area contributed by atoms with Gasteiger partial charge >= 0.3 is 15.6 Å². The molecule has 14 nitrogen and oxygen atoms in total. The van der Waals surface area contributed by atoms with Gasteiger partial charge in [0, 0.05) is 13.5 Å². The van der Waals surface area contributed by atoms with Gasteiger partial charge in [-0.25, -0.2) is 24.1 Å². The van der Waals surface area contributed by atoms with Gasteiger partial charge in [0.15, 0.2) is 17.7 Å². The highest BCUT2D eigenvalue weighted by Gasteiger charge is 2.42. The lowest BCUT2D eigenvalue weighted by molar-refractivity contribution is -0.0472. The van der Waals surface area contributed by atoms with E-state index < -0.39 is 40.7 Å². The largest absolute Gasteiger partial charge is 0.470 e. The van der Waals surface area contributed by atoms with Crippen LogP contribution in [0.5, 0.6) is 0 Å². The molecular weight excluding hydrogens is 408 g/mol. The quantitative estimate of drug-likeness (QED) is 0.364. The maximum Gasteiger partial charge on any atom is 0.470 e. The molecule has 0 bridgehead atoms. The molecule has 3 heterocycles. The average molecular weight is 425 g/mol. The second-order valence-corrected chi connectivity index (χ2v) is 8.03. The maximum absolute atomic E-state index is 11.3. The number of hydrogen-bond acceptors (Lipinski definition) is 9. The first kappa shape index (κ1) is 20.3. The van der Waals surface area contributed by atoms with E-state index in [0.29, 0.717) is 17.0 Å². The summed E-state index contributed by atoms with van der Waals surface area (Å²) in [4.78, 5) is 48.2. The maximum atomic E-state index is 11.3. The van der Waals surface area contributed by atoms with Gasteiger partial charge in [0.05, 0.1) is 19.0 Å². The summed E-state index contributed by atoms with van der Waals surface area (Å²) in [5.41, 5.74) is 0.712. The molecule has 0 aliphatic carbocycles. The van der Waals surface area contributed by atoms with Gasteiger partial charge in [-0.15, -0.1) is 0 Å². The number of imidazole rings is 1. The molecule has 0 spiro atoms. The fourth-order valence-corrected chi connectivity index (χ4v) is 3.64. The van der Waals surface area contributed by atoms with E-state index in [0.717, 1.165) is 0 Å². The molecule has 0 amide bonds. The Morgan fingerprint density at radius 2 is 2.00 bits per heavy atom. The monoisotopic (exact) mass is 425 g/mol. The zero-order chi connectivity index (χ0) is 19.8. The summed E-state index contributed by atoms with van der Waals surface area (Å²) >= 11 is 0. The summed E-state index contributed by atoms with van der Waals surface area (Å²) in [7, 11) is -7.95. The smallest absolute Gasteiger partial charge is 0.371 e. The van der Waals surface area contributed by atoms with Crippen molar-refractivity contribution in [2.45, 2.75) is 24.9 Å². The van der Waals surface area contributed by atoms with E-state index in [2.05, 4.69) is 24.8 Å². The van der Waals surface area contributed by atoms with E-state index in [9.17, 15) is 9.13 Å². The van der Waals surface area contributed by atoms with Crippen LogP contribution in [0.2, 0.25) is 0 Å². The third-order valence-electron chi connectivity index (χ3n) is 3.72. The molecule has 0 unspecified atom stereocenters. The van der Waals surface area contributed by atoms with Crippen LogP contribution in [0.4, 0.5) is 5.82 Å². The molecule has 3 rings (SSSR count). The molecule has 1 aliphatic heterocycles. The number of hydrogen-bond donors (Lipinski definition) is 5. The third kappa shape index (κ3) is 4.88. The van der Waals surface area contributed by atoms with Gasteiger partial charge in [0.1, 0.15) is 17.9 Å². The summed E-state index contributed by atoms with van der Waals surface area (Å²) in [6.45, 7) is -0.495. The first-order chi connectivity index (χ1) is 12.6. The minimum atomic E-state index is -4.86. The minimum Gasteiger partial charge on any atom is -0.371 e. The summed E-state index contributed by atoms with van der Waals surface area (Å²) < 4.78 is 38.4. The highest BCUT2D eigenvalue weighted by atomic mass is 31.2. The van der Waals surface area contributed by atoms with Crippen molar-refractivity contribution in [2.75, 3.05) is 19.0 Å². The van der Waals surface area contributed by atoms with E-state index in [4.69, 9.17) is 28.8 Å². The lowest BCUT2D eigenvalue weighted by Gasteiger charge is -2.20. The van der Waals surface area contributed by atoms with Gasteiger partial charge < -0.3 is 29.6 Å². The van der Waals surface area contributed by atoms with Crippen molar-refractivity contribution >= 4 is 32.6 Å². The van der Waals surface area contributed by atoms with Crippen molar-refractivity contribution in [3.63, 3.8) is 0 Å². The van der Waals surface area contributed by atoms with E-state index in [1.54, 1.807) is 7.05 Å². The minimum absolute atomic E-state index is 0.0839. The fourth-order valence-electron chi connectivity index (χ4n) is 2.74. The molecule has 1 aliphatic rings. The molecule has 3 atom stereocenters. The van der Waals surface area contributed by atoms with Crippen molar-refractivity contribution in [3.8, 4) is 0 Å². The van der Waals surface area contributed by atoms with E-state index in [1.807, 2.05) is 0 Å². The molecule has 5 N–H and O–H groups in total. The molecule has 1 fully saturated rings. The molecule has 150 valence electrons. The molecule has 0 saturated carbocycles. The number of aromatic nitrogens is 4. The van der Waals surface area contributed by atoms with Gasteiger partial charge in [-0.05, 0) is 0 Å². The Balaban J connectivity index is 1.90. The van der Waals surface area contributed by atoms with Crippen LogP contribution in [0.3, 0.4) is 0 Å². The molecule has 0 aromatic carbocycles. The van der Waals surface area contributed by atoms with Crippen LogP contribution in [0.25, 0.3) is 11.2 Å². The third-order valence-corrected chi connectivity index (χ3v) is 4.75. The van der Waals surface area contributed by atoms with Gasteiger partial charge in [-0.1, -0.05) is 0 Å². The van der Waals surface area contributed by atoms with Gasteiger partial charge in [0.2, 0.25) is 0 Å². The Bertz CT molecular complexity index is 911. The topological polar surface area (TPSA) is 198 Å². The molecule has 1 saturated heterocycles. The first-order valence-electron chi connectivity index (χ1n) is 7.52. The molecule has 0 radical (unpaired) electrons. The van der Waals surface area contributed by atoms with Crippen LogP contribution in [-0.2, 0) is 22.9 Å². The molecule has 2 aromatic heterocycles. The Morgan fingerprint density at radius 3 is 2.63 bits per heavy atom. The molecule has 27 heavy (non-hydrogen) atoms. The Kier molecular flexibility index (Phi) is 5.64. The van der Waals surface area contributed by atoms with Crippen LogP contribution >= 0.6 is 15.6 Å². The highest BCUT2D eigenvalue weighted by molar-refractivity contribution is 7.46. The fraction of sp³-hybridized carbons (Fsp3) is 0.545. The number of phosphoric acid groups is 2. The van der Waals surface area contributed by atoms with Crippen LogP contribution in [0.1, 0.15) is 12.6 Å². The van der Waals surface area contributed by atoms with Gasteiger partial charge in [-0.3, -0.25) is 13.6 Å². The predicted octanol–water partition coefficient (Wildman–Crippen LogP) is -0.257. The van der Waals surface area contributed by atoms with Crippen LogP contribution in [-0.4, -0.2) is 65.0 Å². The van der Waals surface area contributed by atoms with Crippen molar-refractivity contribution in [2.24, 2.45) is 0 Å². The standard InChI is InChI=1S/C11H17N5O9P2/c1-12-9-8-10(14-4-13-9)16(5-15-8)11-7(25-27(20,21)22)2-6(24-11)3-23-26(17,18)19/h4-7,11H,2-3H2,1H3,(H,12,13,14)(H2,17,18,19)(H2,20,21,22)/t6-,7+,11+/m0/s1. The molecule has 2 aromatic rings. The van der Waals surface area contributed by atoms with E-state index in [1.165, 1.54) is 17.2 Å². The van der Waals surface area contributed by atoms with Gasteiger partial charge in [-0.2, -0.15) is 0 Å². The second kappa shape index (κ2) is 7.51. The van der Waals surface area contributed by atoms with Crippen molar-refractivity contribution < 1.29 is 42.5 Å². The zero-order valence-electron chi connectivity index (χ0n) is 13.8. The SMILES string of the molecule is CNc1ncnc2c1ncn2[C@@H]1O[C@H](COP(=O)(O)O)C[C@H]1OP(=O)(O)O. The number of phosphoric ester groups is 2. The average Bonchev–Trinajstić information content (AvgIpc) is 3.14. The Labute approximate surface area is 152 Å². The number of fused-ring (bicyclic) bond motifs is 1. The van der Waals surface area contributed by atoms with Crippen LogP contribution in [0, 0.1) is 0 Å². The van der Waals surface area contributed by atoms with E-state index >= 15 is 0 Å². The number of anilines is 1. The second-order valence-electron chi connectivity index (χ2n) is 5.60. The van der Waals surface area contributed by atoms with Crippen molar-refractivity contribution in [1.82, 2.24) is 19.5 Å². The summed E-state index contributed by atoms with van der Waals surface area (Å²) in [5, 5.41) is 2.84. The first-order valence-corrected chi connectivity index (χ1v) is 10.6. The summed E-state index contributed by atoms with van der Waals surface area (Å²) in [6, 6.07) is 0. The van der Waals surface area contributed by atoms with Gasteiger partial charge in [0.25, 0.3) is 0 Å². The normalized spacial score (nSPS) is 23.8. The number of nitrogens with zero attached hydrogens (tertiary/aromatic N) is 4. The molecule has 16 heteroatoms. The van der Waals surface area contributed by atoms with Crippen molar-refractivity contribution in [1.29, 1.82) is 0 Å². The van der Waals surface area contributed by atoms with E-state index in [-0.39, 0.29) is 6.42 Å². The lowest BCUT2D eigenvalue weighted by atomic mass is 10.2. The summed E-state index contributed by atoms with van der Waals surface area (Å²) in [5.74, 6) is 0.436. The lowest BCUT2D eigenvalue weighted by Crippen LogP contribution is -2.21. The predicted molar refractivity (Wildman–Crippen MR) is 88.3 cm³/mol. The van der Waals surface area contributed by atoms with Crippen LogP contribution in [0.15, 0.2) is 12.7 Å². The summed E-state index contributed by atoms with van der Waals surface area (Å²) in [6.07, 6.45) is -0.558. The Morgan fingerprint density at radius 1 is 1.26 bits per heavy atom. The van der Waals surface area contributed by atoms with Crippen LogP contribution < -0.4 is 5.32 Å². The number of rotatable bonds is 7. The Hall–Kier alpha value is -1.47. The zero-order valence-corrected chi connectivity index (χ0v) is 15.6. The molecular formula is C11H17N5O9P2.